The Kier molecular flexibility index (Phi) is 14.0. The minimum absolute atomic E-state index is 0.0187. The average molecular weight is 736 g/mol. The van der Waals surface area contributed by atoms with Crippen LogP contribution < -0.4 is 10.0 Å². The van der Waals surface area contributed by atoms with E-state index < -0.39 is 47.7 Å². The number of nitrogens with zero attached hydrogens (tertiary/aromatic N) is 4. The summed E-state index contributed by atoms with van der Waals surface area (Å²) in [6, 6.07) is 16.4. The molecule has 0 spiro atoms. The van der Waals surface area contributed by atoms with Crippen LogP contribution in [0.5, 0.6) is 0 Å². The van der Waals surface area contributed by atoms with Gasteiger partial charge in [0.2, 0.25) is 16.9 Å². The highest BCUT2D eigenvalue weighted by Crippen LogP contribution is 2.29. The summed E-state index contributed by atoms with van der Waals surface area (Å²) < 4.78 is 0. The molecule has 2 N–H and O–H groups in total. The van der Waals surface area contributed by atoms with Gasteiger partial charge in [0.15, 0.2) is 12.1 Å². The van der Waals surface area contributed by atoms with Crippen molar-refractivity contribution < 1.29 is 34.2 Å². The number of amides is 2. The summed E-state index contributed by atoms with van der Waals surface area (Å²) in [5.41, 5.74) is 1.04. The van der Waals surface area contributed by atoms with E-state index in [-0.39, 0.29) is 16.6 Å². The Labute approximate surface area is 298 Å². The molecule has 2 amide bonds. The van der Waals surface area contributed by atoms with E-state index in [1.807, 2.05) is 0 Å². The highest BCUT2D eigenvalue weighted by atomic mass is 35.5. The molecule has 0 radical (unpaired) electrons. The second-order valence-corrected chi connectivity index (χ2v) is 13.1. The number of halogens is 2. The fourth-order valence-electron chi connectivity index (χ4n) is 4.71. The maximum atomic E-state index is 14.3. The van der Waals surface area contributed by atoms with Gasteiger partial charge in [0, 0.05) is 53.0 Å². The summed E-state index contributed by atoms with van der Waals surface area (Å²) in [6.07, 6.45) is 0. The van der Waals surface area contributed by atoms with Crippen molar-refractivity contribution in [2.75, 3.05) is 35.6 Å². The summed E-state index contributed by atoms with van der Waals surface area (Å²) >= 11 is 17.2. The zero-order valence-electron chi connectivity index (χ0n) is 26.6. The van der Waals surface area contributed by atoms with Crippen molar-refractivity contribution in [3.05, 3.63) is 94.5 Å². The molecule has 3 rings (SSSR count). The predicted molar refractivity (Wildman–Crippen MR) is 192 cm³/mol. The molecule has 0 bridgehead atoms. The van der Waals surface area contributed by atoms with Crippen LogP contribution in [0.2, 0.25) is 10.0 Å². The van der Waals surface area contributed by atoms with E-state index in [1.165, 1.54) is 86.5 Å². The SMILES string of the molecule is CC(CS)C(=O)N(C(C(=O)O)C(C(=O)O)N(C(=O)C(C)CSC(=O)c1ccccc1)N(C)c1ccc(Cl)cc1)N(C)c1ccc(Cl)cc1. The van der Waals surface area contributed by atoms with E-state index in [1.54, 1.807) is 30.3 Å². The van der Waals surface area contributed by atoms with Gasteiger partial charge in [-0.05, 0) is 48.5 Å². The summed E-state index contributed by atoms with van der Waals surface area (Å²) in [5.74, 6) is -6.80. The number of carboxylic acids is 2. The van der Waals surface area contributed by atoms with Gasteiger partial charge in [0.05, 0.1) is 11.4 Å². The summed E-state index contributed by atoms with van der Waals surface area (Å²) in [6.45, 7) is 3.04. The van der Waals surface area contributed by atoms with Crippen LogP contribution in [0.4, 0.5) is 11.4 Å². The number of rotatable bonds is 15. The molecule has 0 aliphatic heterocycles. The minimum atomic E-state index is -2.17. The van der Waals surface area contributed by atoms with Gasteiger partial charge in [0.1, 0.15) is 0 Å². The molecule has 3 aromatic rings. The van der Waals surface area contributed by atoms with Crippen molar-refractivity contribution in [2.45, 2.75) is 25.9 Å². The molecule has 0 aliphatic rings. The second-order valence-electron chi connectivity index (χ2n) is 10.9. The third-order valence-electron chi connectivity index (χ3n) is 7.42. The van der Waals surface area contributed by atoms with Crippen molar-refractivity contribution >= 4 is 87.8 Å². The zero-order chi connectivity index (χ0) is 35.7. The average Bonchev–Trinajstić information content (AvgIpc) is 3.07. The zero-order valence-corrected chi connectivity index (χ0v) is 29.8. The summed E-state index contributed by atoms with van der Waals surface area (Å²) in [4.78, 5) is 67.6. The molecule has 0 saturated carbocycles. The van der Waals surface area contributed by atoms with E-state index in [4.69, 9.17) is 23.2 Å². The molecule has 48 heavy (non-hydrogen) atoms. The van der Waals surface area contributed by atoms with Crippen LogP contribution in [0.1, 0.15) is 24.2 Å². The first kappa shape index (κ1) is 38.5. The van der Waals surface area contributed by atoms with Crippen LogP contribution in [-0.4, -0.2) is 86.8 Å². The quantitative estimate of drug-likeness (QED) is 0.131. The number of aliphatic carboxylic acids is 2. The first-order valence-corrected chi connectivity index (χ1v) is 17.0. The number of thioether (sulfide) groups is 1. The third-order valence-corrected chi connectivity index (χ3v) is 9.64. The molecule has 11 nitrogen and oxygen atoms in total. The number of carboxylic acid groups (broad SMARTS) is 2. The fourth-order valence-corrected chi connectivity index (χ4v) is 5.97. The van der Waals surface area contributed by atoms with Crippen LogP contribution in [0.15, 0.2) is 78.9 Å². The van der Waals surface area contributed by atoms with E-state index in [0.29, 0.717) is 27.0 Å². The normalized spacial score (nSPS) is 13.4. The van der Waals surface area contributed by atoms with E-state index in [2.05, 4.69) is 12.6 Å². The number of carbonyl (C=O) groups excluding carboxylic acids is 3. The minimum Gasteiger partial charge on any atom is -0.480 e. The number of carbonyl (C=O) groups is 5. The molecule has 0 aliphatic carbocycles. The maximum absolute atomic E-state index is 14.3. The van der Waals surface area contributed by atoms with Crippen LogP contribution >= 0.6 is 47.6 Å². The number of anilines is 2. The van der Waals surface area contributed by atoms with Crippen molar-refractivity contribution in [1.29, 1.82) is 0 Å². The van der Waals surface area contributed by atoms with Crippen molar-refractivity contribution in [2.24, 2.45) is 11.8 Å². The lowest BCUT2D eigenvalue weighted by molar-refractivity contribution is -0.166. The monoisotopic (exact) mass is 734 g/mol. The van der Waals surface area contributed by atoms with Crippen molar-refractivity contribution in [3.8, 4) is 0 Å². The number of hydrogen-bond donors (Lipinski definition) is 3. The summed E-state index contributed by atoms with van der Waals surface area (Å²) in [5, 5.41) is 26.0. The van der Waals surface area contributed by atoms with Gasteiger partial charge in [-0.1, -0.05) is 79.1 Å². The largest absolute Gasteiger partial charge is 0.480 e. The lowest BCUT2D eigenvalue weighted by Crippen LogP contribution is -2.68. The smallest absolute Gasteiger partial charge is 0.331 e. The highest BCUT2D eigenvalue weighted by Gasteiger charge is 2.50. The van der Waals surface area contributed by atoms with Crippen LogP contribution in [0.3, 0.4) is 0 Å². The predicted octanol–water partition coefficient (Wildman–Crippen LogP) is 5.74. The van der Waals surface area contributed by atoms with Gasteiger partial charge in [-0.2, -0.15) is 12.6 Å². The molecule has 15 heteroatoms. The number of thiol groups is 1. The molecule has 256 valence electrons. The molecule has 0 fully saturated rings. The van der Waals surface area contributed by atoms with Gasteiger partial charge in [-0.25, -0.2) is 19.6 Å². The standard InChI is InChI=1S/C33H36Cl2N4O7S2/c1-20(18-47)29(40)38(36(3)25-14-10-23(34)11-15-25)27(31(42)43)28(32(44)45)39(37(4)26-16-12-24(35)13-17-26)30(41)21(2)19-48-33(46)22-8-6-5-7-9-22/h5-17,20-21,27-28,47H,18-19H2,1-4H3,(H,42,43)(H,44,45). The Morgan fingerprint density at radius 2 is 1.08 bits per heavy atom. The molecule has 0 aromatic heterocycles. The molecule has 3 aromatic carbocycles. The Morgan fingerprint density at radius 3 is 1.46 bits per heavy atom. The Morgan fingerprint density at radius 1 is 0.688 bits per heavy atom. The van der Waals surface area contributed by atoms with Gasteiger partial charge >= 0.3 is 11.9 Å². The Balaban J connectivity index is 2.17. The molecular formula is C33H36Cl2N4O7S2. The number of hydrogen-bond acceptors (Lipinski definition) is 9. The van der Waals surface area contributed by atoms with Crippen LogP contribution in [0, 0.1) is 11.8 Å². The lowest BCUT2D eigenvalue weighted by atomic mass is 10.0. The van der Waals surface area contributed by atoms with Crippen LogP contribution in [-0.2, 0) is 19.2 Å². The lowest BCUT2D eigenvalue weighted by Gasteiger charge is -2.46. The maximum Gasteiger partial charge on any atom is 0.331 e. The molecule has 4 atom stereocenters. The fraction of sp³-hybridized carbons (Fsp3) is 0.303. The van der Waals surface area contributed by atoms with Crippen LogP contribution in [0.25, 0.3) is 0 Å². The van der Waals surface area contributed by atoms with Gasteiger partial charge in [0.25, 0.3) is 0 Å². The first-order chi connectivity index (χ1) is 22.7. The van der Waals surface area contributed by atoms with E-state index >= 15 is 0 Å². The van der Waals surface area contributed by atoms with Crippen molar-refractivity contribution in [3.63, 3.8) is 0 Å². The van der Waals surface area contributed by atoms with Gasteiger partial charge in [-0.15, -0.1) is 0 Å². The number of hydrazine groups is 2. The van der Waals surface area contributed by atoms with E-state index in [9.17, 15) is 34.2 Å². The highest BCUT2D eigenvalue weighted by molar-refractivity contribution is 8.14. The topological polar surface area (TPSA) is 139 Å². The number of benzene rings is 3. The second kappa shape index (κ2) is 17.5. The molecule has 0 saturated heterocycles. The third kappa shape index (κ3) is 9.37. The van der Waals surface area contributed by atoms with Gasteiger partial charge < -0.3 is 10.2 Å². The van der Waals surface area contributed by atoms with Crippen molar-refractivity contribution in [1.82, 2.24) is 10.0 Å². The van der Waals surface area contributed by atoms with Gasteiger partial charge in [-0.3, -0.25) is 24.4 Å². The molecular weight excluding hydrogens is 699 g/mol. The Hall–Kier alpha value is -3.91. The molecule has 4 unspecified atom stereocenters. The summed E-state index contributed by atoms with van der Waals surface area (Å²) in [7, 11) is 2.81. The van der Waals surface area contributed by atoms with E-state index in [0.717, 1.165) is 21.8 Å². The Bertz CT molecular complexity index is 1600. The first-order valence-electron chi connectivity index (χ1n) is 14.6. The molecule has 0 heterocycles.